The molecule has 0 bridgehead atoms. The number of nitrogens with zero attached hydrogens (tertiary/aromatic N) is 1. The van der Waals surface area contributed by atoms with Gasteiger partial charge in [0.1, 0.15) is 0 Å². The van der Waals surface area contributed by atoms with Crippen LogP contribution in [-0.4, -0.2) is 30.2 Å². The van der Waals surface area contributed by atoms with E-state index in [9.17, 15) is 0 Å². The van der Waals surface area contributed by atoms with Crippen molar-refractivity contribution in [1.29, 1.82) is 0 Å². The summed E-state index contributed by atoms with van der Waals surface area (Å²) in [6.45, 7) is 3.74. The van der Waals surface area contributed by atoms with Crippen LogP contribution in [0.2, 0.25) is 0 Å². The Morgan fingerprint density at radius 3 is 1.36 bits per heavy atom. The summed E-state index contributed by atoms with van der Waals surface area (Å²) in [5.41, 5.74) is 3.77. The molecule has 3 aromatic rings. The first-order chi connectivity index (χ1) is 13.9. The van der Waals surface area contributed by atoms with Gasteiger partial charge in [-0.3, -0.25) is 4.90 Å². The van der Waals surface area contributed by atoms with Crippen LogP contribution in [0, 0.1) is 0 Å². The van der Waals surface area contributed by atoms with Gasteiger partial charge in [-0.25, -0.2) is 0 Å². The van der Waals surface area contributed by atoms with Crippen molar-refractivity contribution in [2.45, 2.75) is 31.8 Å². The summed E-state index contributed by atoms with van der Waals surface area (Å²) in [6, 6.07) is 32.2. The molecule has 3 heteroatoms. The monoisotopic (exact) mass is 373 g/mol. The second-order valence-electron chi connectivity index (χ2n) is 7.29. The van der Waals surface area contributed by atoms with Gasteiger partial charge in [-0.1, -0.05) is 91.0 Å². The van der Waals surface area contributed by atoms with Gasteiger partial charge in [0.15, 0.2) is 0 Å². The van der Waals surface area contributed by atoms with Crippen LogP contribution in [0.25, 0.3) is 0 Å². The third kappa shape index (κ3) is 5.29. The van der Waals surface area contributed by atoms with E-state index in [1.807, 2.05) is 12.1 Å². The van der Waals surface area contributed by atoms with E-state index >= 15 is 0 Å². The average Bonchev–Trinajstić information content (AvgIpc) is 3.40. The van der Waals surface area contributed by atoms with E-state index in [2.05, 4.69) is 83.8 Å². The Kier molecular flexibility index (Phi) is 6.51. The summed E-state index contributed by atoms with van der Waals surface area (Å²) in [5.74, 6) is 0. The van der Waals surface area contributed by atoms with E-state index in [1.165, 1.54) is 16.7 Å². The molecule has 1 heterocycles. The Morgan fingerprint density at radius 1 is 0.536 bits per heavy atom. The van der Waals surface area contributed by atoms with Crippen molar-refractivity contribution >= 4 is 0 Å². The highest BCUT2D eigenvalue weighted by molar-refractivity contribution is 5.18. The number of benzene rings is 3. The molecule has 0 aromatic heterocycles. The lowest BCUT2D eigenvalue weighted by Gasteiger charge is -2.06. The summed E-state index contributed by atoms with van der Waals surface area (Å²) in [5, 5.41) is 0. The largest absolute Gasteiger partial charge is 0.375 e. The van der Waals surface area contributed by atoms with Gasteiger partial charge in [-0.2, -0.15) is 0 Å². The minimum atomic E-state index is 0.416. The van der Waals surface area contributed by atoms with E-state index in [0.717, 1.165) is 19.8 Å². The number of hydrogen-bond donors (Lipinski definition) is 0. The fourth-order valence-corrected chi connectivity index (χ4v) is 3.58. The van der Waals surface area contributed by atoms with E-state index in [1.54, 1.807) is 0 Å². The van der Waals surface area contributed by atoms with Crippen LogP contribution in [0.1, 0.15) is 16.7 Å². The van der Waals surface area contributed by atoms with Gasteiger partial charge in [0, 0.05) is 6.54 Å². The van der Waals surface area contributed by atoms with Crippen molar-refractivity contribution in [2.24, 2.45) is 0 Å². The smallest absolute Gasteiger partial charge is 0.0717 e. The topological polar surface area (TPSA) is 21.5 Å². The van der Waals surface area contributed by atoms with Gasteiger partial charge in [0.05, 0.1) is 38.5 Å². The van der Waals surface area contributed by atoms with Gasteiger partial charge in [-0.15, -0.1) is 0 Å². The fraction of sp³-hybridized carbons (Fsp3) is 0.280. The van der Waals surface area contributed by atoms with Crippen molar-refractivity contribution in [3.63, 3.8) is 0 Å². The summed E-state index contributed by atoms with van der Waals surface area (Å²) in [6.07, 6.45) is 0. The standard InChI is InChI=1S/C25H27NO2/c1-4-10-21(11-5-1)16-26-24(19-27-17-22-12-6-2-7-13-22)25(26)20-28-18-23-14-8-3-9-15-23/h1-15,24-25H,16-20H2/t24-,25-/m1/s1. The van der Waals surface area contributed by atoms with Crippen molar-refractivity contribution in [1.82, 2.24) is 4.90 Å². The van der Waals surface area contributed by atoms with Crippen molar-refractivity contribution in [2.75, 3.05) is 13.2 Å². The van der Waals surface area contributed by atoms with Crippen LogP contribution in [0.15, 0.2) is 91.0 Å². The maximum atomic E-state index is 6.01. The molecule has 3 nitrogen and oxygen atoms in total. The summed E-state index contributed by atoms with van der Waals surface area (Å²) in [7, 11) is 0. The second kappa shape index (κ2) is 9.65. The first-order valence-corrected chi connectivity index (χ1v) is 9.93. The van der Waals surface area contributed by atoms with Crippen molar-refractivity contribution < 1.29 is 9.47 Å². The Labute approximate surface area is 167 Å². The van der Waals surface area contributed by atoms with Crippen LogP contribution < -0.4 is 0 Å². The maximum Gasteiger partial charge on any atom is 0.0717 e. The lowest BCUT2D eigenvalue weighted by molar-refractivity contribution is 0.105. The Morgan fingerprint density at radius 2 is 0.929 bits per heavy atom. The molecule has 0 aliphatic carbocycles. The Bertz CT molecular complexity index is 771. The Balaban J connectivity index is 1.29. The van der Waals surface area contributed by atoms with Crippen LogP contribution in [0.3, 0.4) is 0 Å². The molecule has 0 amide bonds. The van der Waals surface area contributed by atoms with Crippen LogP contribution in [0.5, 0.6) is 0 Å². The molecule has 1 aliphatic rings. The lowest BCUT2D eigenvalue weighted by atomic mass is 10.2. The molecule has 4 rings (SSSR count). The zero-order chi connectivity index (χ0) is 19.0. The molecule has 2 atom stereocenters. The molecule has 1 saturated heterocycles. The molecule has 0 radical (unpaired) electrons. The quantitative estimate of drug-likeness (QED) is 0.482. The van der Waals surface area contributed by atoms with Crippen LogP contribution in [-0.2, 0) is 29.2 Å². The van der Waals surface area contributed by atoms with Gasteiger partial charge in [0.25, 0.3) is 0 Å². The average molecular weight is 373 g/mol. The van der Waals surface area contributed by atoms with Gasteiger partial charge in [-0.05, 0) is 16.7 Å². The summed E-state index contributed by atoms with van der Waals surface area (Å²) < 4.78 is 12.0. The predicted molar refractivity (Wildman–Crippen MR) is 112 cm³/mol. The van der Waals surface area contributed by atoms with Gasteiger partial charge >= 0.3 is 0 Å². The predicted octanol–water partition coefficient (Wildman–Crippen LogP) is 4.67. The zero-order valence-electron chi connectivity index (χ0n) is 16.1. The van der Waals surface area contributed by atoms with Gasteiger partial charge < -0.3 is 9.47 Å². The molecule has 0 unspecified atom stereocenters. The van der Waals surface area contributed by atoms with Crippen molar-refractivity contribution in [3.05, 3.63) is 108 Å². The van der Waals surface area contributed by atoms with E-state index in [4.69, 9.17) is 9.47 Å². The molecule has 1 fully saturated rings. The van der Waals surface area contributed by atoms with Crippen LogP contribution >= 0.6 is 0 Å². The minimum Gasteiger partial charge on any atom is -0.375 e. The second-order valence-corrected chi connectivity index (χ2v) is 7.29. The number of hydrogen-bond acceptors (Lipinski definition) is 3. The Hall–Kier alpha value is -2.46. The first kappa shape index (κ1) is 18.9. The van der Waals surface area contributed by atoms with Crippen LogP contribution in [0.4, 0.5) is 0 Å². The molecule has 0 spiro atoms. The van der Waals surface area contributed by atoms with Gasteiger partial charge in [0.2, 0.25) is 0 Å². The molecule has 0 saturated carbocycles. The number of rotatable bonds is 10. The highest BCUT2D eigenvalue weighted by atomic mass is 16.5. The van der Waals surface area contributed by atoms with E-state index in [-0.39, 0.29) is 0 Å². The third-order valence-corrected chi connectivity index (χ3v) is 5.21. The van der Waals surface area contributed by atoms with E-state index < -0.39 is 0 Å². The molecular weight excluding hydrogens is 346 g/mol. The molecule has 1 aliphatic heterocycles. The normalized spacial score (nSPS) is 20.8. The SMILES string of the molecule is c1ccc(COC[C@@H]2[C@@H](COCc3ccccc3)N2Cc2ccccc2)cc1. The zero-order valence-corrected chi connectivity index (χ0v) is 16.1. The molecule has 144 valence electrons. The van der Waals surface area contributed by atoms with Crippen molar-refractivity contribution in [3.8, 4) is 0 Å². The third-order valence-electron chi connectivity index (χ3n) is 5.21. The fourth-order valence-electron chi connectivity index (χ4n) is 3.58. The molecule has 28 heavy (non-hydrogen) atoms. The highest BCUT2D eigenvalue weighted by Gasteiger charge is 2.47. The molecule has 3 aromatic carbocycles. The maximum absolute atomic E-state index is 6.01. The summed E-state index contributed by atoms with van der Waals surface area (Å²) >= 11 is 0. The number of ether oxygens (including phenoxy) is 2. The molecular formula is C25H27NO2. The van der Waals surface area contributed by atoms with E-state index in [0.29, 0.717) is 25.3 Å². The minimum absolute atomic E-state index is 0.416. The lowest BCUT2D eigenvalue weighted by Crippen LogP contribution is -2.09. The highest BCUT2D eigenvalue weighted by Crippen LogP contribution is 2.31. The molecule has 0 N–H and O–H groups in total. The first-order valence-electron chi connectivity index (χ1n) is 9.93. The summed E-state index contributed by atoms with van der Waals surface area (Å²) in [4.78, 5) is 2.48.